The Hall–Kier alpha value is -2.63. The fourth-order valence-electron chi connectivity index (χ4n) is 2.32. The summed E-state index contributed by atoms with van der Waals surface area (Å²) >= 11 is 0. The highest BCUT2D eigenvalue weighted by Gasteiger charge is 2.22. The van der Waals surface area contributed by atoms with E-state index in [1.165, 1.54) is 0 Å². The molecule has 1 unspecified atom stereocenters. The number of hydrogen-bond donors (Lipinski definition) is 2. The number of benzene rings is 1. The summed E-state index contributed by atoms with van der Waals surface area (Å²) < 4.78 is 1.67. The van der Waals surface area contributed by atoms with E-state index in [4.69, 9.17) is 0 Å². The molecule has 0 radical (unpaired) electrons. The van der Waals surface area contributed by atoms with E-state index in [0.717, 1.165) is 16.7 Å². The molecule has 0 saturated carbocycles. The highest BCUT2D eigenvalue weighted by atomic mass is 16.4. The lowest BCUT2D eigenvalue weighted by molar-refractivity contribution is -0.142. The van der Waals surface area contributed by atoms with Crippen LogP contribution in [0.15, 0.2) is 30.6 Å². The van der Waals surface area contributed by atoms with Gasteiger partial charge in [0.1, 0.15) is 0 Å². The van der Waals surface area contributed by atoms with Gasteiger partial charge in [0.25, 0.3) is 0 Å². The molecule has 2 aromatic rings. The average molecular weight is 315 g/mol. The lowest BCUT2D eigenvalue weighted by Gasteiger charge is -2.16. The lowest BCUT2D eigenvalue weighted by atomic mass is 10.0. The number of aryl methyl sites for hydroxylation is 4. The van der Waals surface area contributed by atoms with Crippen LogP contribution in [0.5, 0.6) is 0 Å². The van der Waals surface area contributed by atoms with Crippen LogP contribution in [-0.4, -0.2) is 26.8 Å². The highest BCUT2D eigenvalue weighted by molar-refractivity contribution is 5.84. The standard InChI is InChI=1S/C17H21N3O3/c1-11-4-6-14(8-12(11)2)16(17(22)23)19-15(21)7-5-13-9-18-20(3)10-13/h4,6,8-10,16H,5,7H2,1-3H3,(H,19,21)(H,22,23). The van der Waals surface area contributed by atoms with Crippen LogP contribution in [-0.2, 0) is 23.1 Å². The van der Waals surface area contributed by atoms with Crippen LogP contribution in [0, 0.1) is 13.8 Å². The lowest BCUT2D eigenvalue weighted by Crippen LogP contribution is -2.33. The van der Waals surface area contributed by atoms with Crippen molar-refractivity contribution in [3.8, 4) is 0 Å². The SMILES string of the molecule is Cc1ccc(C(NC(=O)CCc2cnn(C)c2)C(=O)O)cc1C. The van der Waals surface area contributed by atoms with E-state index in [1.54, 1.807) is 23.0 Å². The van der Waals surface area contributed by atoms with Crippen LogP contribution >= 0.6 is 0 Å². The number of carbonyl (C=O) groups excluding carboxylic acids is 1. The first-order valence-electron chi connectivity index (χ1n) is 7.43. The van der Waals surface area contributed by atoms with Crippen molar-refractivity contribution >= 4 is 11.9 Å². The first-order chi connectivity index (χ1) is 10.9. The van der Waals surface area contributed by atoms with Crippen molar-refractivity contribution in [2.24, 2.45) is 7.05 Å². The molecular formula is C17H21N3O3. The summed E-state index contributed by atoms with van der Waals surface area (Å²) in [6.45, 7) is 3.88. The third kappa shape index (κ3) is 4.42. The van der Waals surface area contributed by atoms with Gasteiger partial charge in [0.05, 0.1) is 6.20 Å². The molecule has 0 spiro atoms. The third-order valence-corrected chi connectivity index (χ3v) is 3.82. The van der Waals surface area contributed by atoms with Crippen molar-refractivity contribution in [2.45, 2.75) is 32.7 Å². The zero-order valence-electron chi connectivity index (χ0n) is 13.5. The number of nitrogens with zero attached hydrogens (tertiary/aromatic N) is 2. The van der Waals surface area contributed by atoms with Gasteiger partial charge >= 0.3 is 5.97 Å². The average Bonchev–Trinajstić information content (AvgIpc) is 2.91. The highest BCUT2D eigenvalue weighted by Crippen LogP contribution is 2.18. The van der Waals surface area contributed by atoms with E-state index >= 15 is 0 Å². The summed E-state index contributed by atoms with van der Waals surface area (Å²) in [5.41, 5.74) is 3.61. The molecule has 1 aromatic heterocycles. The van der Waals surface area contributed by atoms with Crippen molar-refractivity contribution in [2.75, 3.05) is 0 Å². The minimum Gasteiger partial charge on any atom is -0.479 e. The zero-order valence-corrected chi connectivity index (χ0v) is 13.5. The Balaban J connectivity index is 2.02. The second-order valence-corrected chi connectivity index (χ2v) is 5.70. The number of aromatic nitrogens is 2. The van der Waals surface area contributed by atoms with E-state index < -0.39 is 12.0 Å². The summed E-state index contributed by atoms with van der Waals surface area (Å²) in [7, 11) is 1.81. The number of carboxylic acid groups (broad SMARTS) is 1. The Morgan fingerprint density at radius 2 is 2.04 bits per heavy atom. The molecule has 23 heavy (non-hydrogen) atoms. The number of hydrogen-bond acceptors (Lipinski definition) is 3. The van der Waals surface area contributed by atoms with E-state index in [0.29, 0.717) is 12.0 Å². The molecule has 0 aliphatic heterocycles. The Morgan fingerprint density at radius 3 is 2.61 bits per heavy atom. The number of carboxylic acids is 1. The summed E-state index contributed by atoms with van der Waals surface area (Å²) in [5.74, 6) is -1.36. The predicted octanol–water partition coefficient (Wildman–Crippen LogP) is 1.91. The van der Waals surface area contributed by atoms with E-state index in [9.17, 15) is 14.7 Å². The second-order valence-electron chi connectivity index (χ2n) is 5.70. The maximum absolute atomic E-state index is 12.1. The van der Waals surface area contributed by atoms with Crippen LogP contribution < -0.4 is 5.32 Å². The van der Waals surface area contributed by atoms with Gasteiger partial charge < -0.3 is 10.4 Å². The maximum atomic E-state index is 12.1. The number of nitrogens with one attached hydrogen (secondary N) is 1. The van der Waals surface area contributed by atoms with Gasteiger partial charge in [-0.3, -0.25) is 9.48 Å². The Labute approximate surface area is 135 Å². The van der Waals surface area contributed by atoms with Crippen LogP contribution in [0.3, 0.4) is 0 Å². The summed E-state index contributed by atoms with van der Waals surface area (Å²) in [6, 6.07) is 4.37. The zero-order chi connectivity index (χ0) is 17.0. The molecular weight excluding hydrogens is 294 g/mol. The largest absolute Gasteiger partial charge is 0.479 e. The number of rotatable bonds is 6. The molecule has 0 bridgehead atoms. The van der Waals surface area contributed by atoms with Crippen LogP contribution in [0.25, 0.3) is 0 Å². The molecule has 6 nitrogen and oxygen atoms in total. The van der Waals surface area contributed by atoms with Crippen molar-refractivity contribution in [1.82, 2.24) is 15.1 Å². The number of amides is 1. The molecule has 0 fully saturated rings. The van der Waals surface area contributed by atoms with Crippen LogP contribution in [0.1, 0.15) is 34.7 Å². The van der Waals surface area contributed by atoms with Crippen LogP contribution in [0.2, 0.25) is 0 Å². The van der Waals surface area contributed by atoms with Crippen molar-refractivity contribution in [1.29, 1.82) is 0 Å². The smallest absolute Gasteiger partial charge is 0.330 e. The monoisotopic (exact) mass is 315 g/mol. The van der Waals surface area contributed by atoms with E-state index in [1.807, 2.05) is 33.2 Å². The first kappa shape index (κ1) is 16.7. The van der Waals surface area contributed by atoms with Gasteiger partial charge in [0.15, 0.2) is 6.04 Å². The van der Waals surface area contributed by atoms with Gasteiger partial charge in [0, 0.05) is 19.7 Å². The molecule has 2 N–H and O–H groups in total. The molecule has 2 rings (SSSR count). The predicted molar refractivity (Wildman–Crippen MR) is 86.0 cm³/mol. The van der Waals surface area contributed by atoms with Crippen molar-refractivity contribution < 1.29 is 14.7 Å². The van der Waals surface area contributed by atoms with Crippen molar-refractivity contribution in [3.63, 3.8) is 0 Å². The third-order valence-electron chi connectivity index (χ3n) is 3.82. The number of carbonyl (C=O) groups is 2. The first-order valence-corrected chi connectivity index (χ1v) is 7.43. The van der Waals surface area contributed by atoms with Gasteiger partial charge in [-0.1, -0.05) is 18.2 Å². The van der Waals surface area contributed by atoms with Gasteiger partial charge in [-0.05, 0) is 42.5 Å². The molecule has 1 heterocycles. The normalized spacial score (nSPS) is 12.0. The molecule has 1 amide bonds. The minimum absolute atomic E-state index is 0.223. The Kier molecular flexibility index (Phi) is 5.16. The molecule has 122 valence electrons. The van der Waals surface area contributed by atoms with Crippen molar-refractivity contribution in [3.05, 3.63) is 52.8 Å². The quantitative estimate of drug-likeness (QED) is 0.853. The van der Waals surface area contributed by atoms with Gasteiger partial charge in [-0.2, -0.15) is 5.10 Å². The summed E-state index contributed by atoms with van der Waals surface area (Å²) in [4.78, 5) is 23.5. The van der Waals surface area contributed by atoms with Gasteiger partial charge in [-0.25, -0.2) is 4.79 Å². The fourth-order valence-corrected chi connectivity index (χ4v) is 2.32. The topological polar surface area (TPSA) is 84.2 Å². The molecule has 1 atom stereocenters. The molecule has 0 aliphatic rings. The molecule has 0 aliphatic carbocycles. The van der Waals surface area contributed by atoms with Crippen LogP contribution in [0.4, 0.5) is 0 Å². The second kappa shape index (κ2) is 7.09. The Bertz CT molecular complexity index is 722. The minimum atomic E-state index is -1.07. The van der Waals surface area contributed by atoms with E-state index in [2.05, 4.69) is 10.4 Å². The fraction of sp³-hybridized carbons (Fsp3) is 0.353. The van der Waals surface area contributed by atoms with Gasteiger partial charge in [-0.15, -0.1) is 0 Å². The number of aliphatic carboxylic acids is 1. The summed E-state index contributed by atoms with van der Waals surface area (Å²) in [5, 5.41) is 16.0. The Morgan fingerprint density at radius 1 is 1.30 bits per heavy atom. The molecule has 0 saturated heterocycles. The molecule has 6 heteroatoms. The van der Waals surface area contributed by atoms with E-state index in [-0.39, 0.29) is 12.3 Å². The maximum Gasteiger partial charge on any atom is 0.330 e. The summed E-state index contributed by atoms with van der Waals surface area (Å²) in [6.07, 6.45) is 4.29. The van der Waals surface area contributed by atoms with Gasteiger partial charge in [0.2, 0.25) is 5.91 Å². The molecule has 1 aromatic carbocycles.